The van der Waals surface area contributed by atoms with E-state index in [0.717, 1.165) is 41.5 Å². The standard InChI is InChI=1S/C26H20F3N3O4S/c27-26(28,29)20-12-7-13-21(16-20)31-37(35,36)22-14-15-23(24(17-22)32(33)34)30-25(18-8-3-1-4-9-18)19-10-5-2-6-11-19/h1-17,25,30-31H. The highest BCUT2D eigenvalue weighted by Crippen LogP contribution is 2.35. The molecule has 0 radical (unpaired) electrons. The van der Waals surface area contributed by atoms with E-state index >= 15 is 0 Å². The van der Waals surface area contributed by atoms with Crippen LogP contribution in [0.2, 0.25) is 0 Å². The molecule has 0 heterocycles. The molecule has 7 nitrogen and oxygen atoms in total. The van der Waals surface area contributed by atoms with Crippen LogP contribution in [0.3, 0.4) is 0 Å². The lowest BCUT2D eigenvalue weighted by molar-refractivity contribution is -0.384. The van der Waals surface area contributed by atoms with Crippen molar-refractivity contribution in [1.29, 1.82) is 0 Å². The maximum absolute atomic E-state index is 13.0. The van der Waals surface area contributed by atoms with Gasteiger partial charge in [-0.3, -0.25) is 14.8 Å². The van der Waals surface area contributed by atoms with Gasteiger partial charge in [-0.2, -0.15) is 13.2 Å². The summed E-state index contributed by atoms with van der Waals surface area (Å²) in [4.78, 5) is 10.7. The molecule has 4 aromatic rings. The Morgan fingerprint density at radius 3 is 1.92 bits per heavy atom. The van der Waals surface area contributed by atoms with E-state index in [1.165, 1.54) is 6.07 Å². The Labute approximate surface area is 210 Å². The van der Waals surface area contributed by atoms with Gasteiger partial charge in [-0.05, 0) is 41.5 Å². The van der Waals surface area contributed by atoms with Gasteiger partial charge in [-0.15, -0.1) is 0 Å². The van der Waals surface area contributed by atoms with E-state index in [1.807, 2.05) is 60.7 Å². The first-order valence-corrected chi connectivity index (χ1v) is 12.4. The minimum atomic E-state index is -4.67. The van der Waals surface area contributed by atoms with Gasteiger partial charge in [0.15, 0.2) is 0 Å². The number of nitro groups is 1. The number of nitrogens with zero attached hydrogens (tertiary/aromatic N) is 1. The van der Waals surface area contributed by atoms with Gasteiger partial charge in [-0.25, -0.2) is 8.42 Å². The fourth-order valence-corrected chi connectivity index (χ4v) is 4.80. The van der Waals surface area contributed by atoms with Crippen molar-refractivity contribution in [1.82, 2.24) is 0 Å². The number of alkyl halides is 3. The Kier molecular flexibility index (Phi) is 7.16. The maximum atomic E-state index is 13.0. The van der Waals surface area contributed by atoms with Crippen molar-refractivity contribution in [2.24, 2.45) is 0 Å². The molecule has 11 heteroatoms. The van der Waals surface area contributed by atoms with Gasteiger partial charge in [0.2, 0.25) is 0 Å². The summed E-state index contributed by atoms with van der Waals surface area (Å²) in [5, 5.41) is 15.0. The van der Waals surface area contributed by atoms with Crippen LogP contribution in [-0.4, -0.2) is 13.3 Å². The summed E-state index contributed by atoms with van der Waals surface area (Å²) >= 11 is 0. The highest BCUT2D eigenvalue weighted by Gasteiger charge is 2.31. The zero-order chi connectivity index (χ0) is 26.6. The Balaban J connectivity index is 1.68. The first-order chi connectivity index (χ1) is 17.5. The number of sulfonamides is 1. The fraction of sp³-hybridized carbons (Fsp3) is 0.0769. The normalized spacial score (nSPS) is 11.8. The van der Waals surface area contributed by atoms with Crippen LogP contribution in [0.5, 0.6) is 0 Å². The second-order valence-corrected chi connectivity index (χ2v) is 9.70. The Morgan fingerprint density at radius 2 is 1.38 bits per heavy atom. The van der Waals surface area contributed by atoms with E-state index in [-0.39, 0.29) is 11.4 Å². The quantitative estimate of drug-likeness (QED) is 0.198. The molecule has 0 amide bonds. The molecular formula is C26H20F3N3O4S. The molecule has 0 aliphatic heterocycles. The van der Waals surface area contributed by atoms with Crippen molar-refractivity contribution in [3.8, 4) is 0 Å². The molecule has 0 saturated carbocycles. The van der Waals surface area contributed by atoms with Crippen LogP contribution >= 0.6 is 0 Å². The zero-order valence-electron chi connectivity index (χ0n) is 19.0. The van der Waals surface area contributed by atoms with Crippen LogP contribution in [0, 0.1) is 10.1 Å². The third kappa shape index (κ3) is 6.07. The average molecular weight is 528 g/mol. The highest BCUT2D eigenvalue weighted by atomic mass is 32.2. The van der Waals surface area contributed by atoms with Crippen LogP contribution in [-0.2, 0) is 16.2 Å². The van der Waals surface area contributed by atoms with Crippen LogP contribution in [0.15, 0.2) is 108 Å². The molecule has 0 unspecified atom stereocenters. The average Bonchev–Trinajstić information content (AvgIpc) is 2.87. The third-order valence-corrected chi connectivity index (χ3v) is 6.86. The van der Waals surface area contributed by atoms with E-state index < -0.39 is 43.3 Å². The molecule has 37 heavy (non-hydrogen) atoms. The molecule has 0 bridgehead atoms. The van der Waals surface area contributed by atoms with Crippen LogP contribution < -0.4 is 10.0 Å². The van der Waals surface area contributed by atoms with E-state index in [9.17, 15) is 31.7 Å². The molecule has 2 N–H and O–H groups in total. The molecule has 0 fully saturated rings. The van der Waals surface area contributed by atoms with Gasteiger partial charge in [0.1, 0.15) is 5.69 Å². The number of hydrogen-bond acceptors (Lipinski definition) is 5. The highest BCUT2D eigenvalue weighted by molar-refractivity contribution is 7.92. The third-order valence-electron chi connectivity index (χ3n) is 5.48. The number of benzene rings is 4. The summed E-state index contributed by atoms with van der Waals surface area (Å²) in [6.45, 7) is 0. The zero-order valence-corrected chi connectivity index (χ0v) is 19.8. The van der Waals surface area contributed by atoms with E-state index in [2.05, 4.69) is 10.0 Å². The molecule has 4 rings (SSSR count). The summed E-state index contributed by atoms with van der Waals surface area (Å²) in [7, 11) is -4.43. The predicted molar refractivity (Wildman–Crippen MR) is 134 cm³/mol. The number of rotatable bonds is 8. The van der Waals surface area contributed by atoms with Crippen molar-refractivity contribution in [3.05, 3.63) is 130 Å². The SMILES string of the molecule is O=[N+]([O-])c1cc(S(=O)(=O)Nc2cccc(C(F)(F)F)c2)ccc1NC(c1ccccc1)c1ccccc1. The molecular weight excluding hydrogens is 507 g/mol. The van der Waals surface area contributed by atoms with Crippen LogP contribution in [0.1, 0.15) is 22.7 Å². The summed E-state index contributed by atoms with van der Waals surface area (Å²) in [6.07, 6.45) is -4.67. The van der Waals surface area contributed by atoms with Crippen molar-refractivity contribution >= 4 is 27.1 Å². The largest absolute Gasteiger partial charge is 0.416 e. The molecule has 0 saturated heterocycles. The topological polar surface area (TPSA) is 101 Å². The van der Waals surface area contributed by atoms with E-state index in [4.69, 9.17) is 0 Å². The number of nitro benzene ring substituents is 1. The van der Waals surface area contributed by atoms with Crippen LogP contribution in [0.4, 0.5) is 30.2 Å². The monoisotopic (exact) mass is 527 g/mol. The van der Waals surface area contributed by atoms with Gasteiger partial charge < -0.3 is 5.32 Å². The van der Waals surface area contributed by atoms with Crippen molar-refractivity contribution in [2.45, 2.75) is 17.1 Å². The van der Waals surface area contributed by atoms with E-state index in [0.29, 0.717) is 6.07 Å². The molecule has 0 aliphatic rings. The molecule has 0 atom stereocenters. The molecule has 190 valence electrons. The summed E-state index contributed by atoms with van der Waals surface area (Å²) in [5.41, 5.74) is -0.152. The Bertz CT molecular complexity index is 1470. The Morgan fingerprint density at radius 1 is 0.784 bits per heavy atom. The van der Waals surface area contributed by atoms with E-state index in [1.54, 1.807) is 0 Å². The van der Waals surface area contributed by atoms with Gasteiger partial charge in [-0.1, -0.05) is 66.7 Å². The molecule has 4 aromatic carbocycles. The summed E-state index contributed by atoms with van der Waals surface area (Å²) in [6, 6.07) is 24.9. The predicted octanol–water partition coefficient (Wildman–Crippen LogP) is 6.62. The smallest absolute Gasteiger partial charge is 0.369 e. The Hall–Kier alpha value is -4.38. The van der Waals surface area contributed by atoms with Crippen molar-refractivity contribution in [2.75, 3.05) is 10.0 Å². The summed E-state index contributed by atoms with van der Waals surface area (Å²) in [5.74, 6) is 0. The minimum absolute atomic E-state index is 0.0701. The second-order valence-electron chi connectivity index (χ2n) is 8.02. The lowest BCUT2D eigenvalue weighted by atomic mass is 9.98. The fourth-order valence-electron chi connectivity index (χ4n) is 3.73. The first kappa shape index (κ1) is 25.7. The van der Waals surface area contributed by atoms with Crippen molar-refractivity contribution in [3.63, 3.8) is 0 Å². The van der Waals surface area contributed by atoms with Gasteiger partial charge in [0, 0.05) is 11.8 Å². The van der Waals surface area contributed by atoms with Gasteiger partial charge in [0.05, 0.1) is 21.4 Å². The molecule has 0 spiro atoms. The maximum Gasteiger partial charge on any atom is 0.416 e. The van der Waals surface area contributed by atoms with Gasteiger partial charge in [0.25, 0.3) is 15.7 Å². The number of hydrogen-bond donors (Lipinski definition) is 2. The lowest BCUT2D eigenvalue weighted by Crippen LogP contribution is -2.16. The number of anilines is 2. The number of halogens is 3. The first-order valence-electron chi connectivity index (χ1n) is 10.9. The second kappa shape index (κ2) is 10.3. The minimum Gasteiger partial charge on any atom is -0.369 e. The molecule has 0 aliphatic carbocycles. The van der Waals surface area contributed by atoms with Crippen molar-refractivity contribution < 1.29 is 26.5 Å². The van der Waals surface area contributed by atoms with Crippen LogP contribution in [0.25, 0.3) is 0 Å². The van der Waals surface area contributed by atoms with Gasteiger partial charge >= 0.3 is 6.18 Å². The molecule has 0 aromatic heterocycles. The summed E-state index contributed by atoms with van der Waals surface area (Å²) < 4.78 is 66.8. The lowest BCUT2D eigenvalue weighted by Gasteiger charge is -2.21. The number of nitrogens with one attached hydrogen (secondary N) is 2.